The van der Waals surface area contributed by atoms with Gasteiger partial charge in [-0.15, -0.1) is 0 Å². The quantitative estimate of drug-likeness (QED) is 0.873. The van der Waals surface area contributed by atoms with E-state index >= 15 is 0 Å². The van der Waals surface area contributed by atoms with Gasteiger partial charge in [-0.1, -0.05) is 13.8 Å². The Hall–Kier alpha value is -1.56. The molecule has 6 heteroatoms. The van der Waals surface area contributed by atoms with Crippen molar-refractivity contribution in [1.29, 1.82) is 0 Å². The number of rotatable bonds is 3. The summed E-state index contributed by atoms with van der Waals surface area (Å²) in [6.07, 6.45) is 1.81. The second kappa shape index (κ2) is 5.67. The van der Waals surface area contributed by atoms with Crippen LogP contribution in [0, 0.1) is 5.41 Å². The molecule has 1 heterocycles. The van der Waals surface area contributed by atoms with Crippen LogP contribution in [0.15, 0.2) is 22.7 Å². The molecule has 1 unspecified atom stereocenters. The van der Waals surface area contributed by atoms with Crippen molar-refractivity contribution < 1.29 is 14.7 Å². The minimum Gasteiger partial charge on any atom is -0.480 e. The standard InChI is InChI=1S/C15H19BrN2O3/c1-15(2)6-3-7-18(12(15)14(20)21)9-4-5-10(13(17)19)11(16)8-9/h4-5,8,12H,3,6-7H2,1-2H3,(H2,17,19)(H,20,21). The third-order valence-corrected chi connectivity index (χ3v) is 4.71. The third kappa shape index (κ3) is 3.05. The van der Waals surface area contributed by atoms with Crippen LogP contribution in [-0.4, -0.2) is 29.6 Å². The highest BCUT2D eigenvalue weighted by Crippen LogP contribution is 2.38. The molecule has 1 amide bonds. The van der Waals surface area contributed by atoms with E-state index in [1.54, 1.807) is 18.2 Å². The van der Waals surface area contributed by atoms with Crippen LogP contribution in [0.3, 0.4) is 0 Å². The summed E-state index contributed by atoms with van der Waals surface area (Å²) in [6.45, 7) is 4.64. The summed E-state index contributed by atoms with van der Waals surface area (Å²) in [5.41, 5.74) is 6.15. The van der Waals surface area contributed by atoms with Gasteiger partial charge in [-0.2, -0.15) is 0 Å². The summed E-state index contributed by atoms with van der Waals surface area (Å²) in [7, 11) is 0. The maximum absolute atomic E-state index is 11.7. The average molecular weight is 355 g/mol. The monoisotopic (exact) mass is 354 g/mol. The summed E-state index contributed by atoms with van der Waals surface area (Å²) >= 11 is 3.32. The largest absolute Gasteiger partial charge is 0.480 e. The molecule has 1 aromatic rings. The number of aliphatic carboxylic acids is 1. The number of amides is 1. The number of primary amides is 1. The zero-order valence-corrected chi connectivity index (χ0v) is 13.7. The minimum absolute atomic E-state index is 0.307. The molecule has 0 aliphatic carbocycles. The molecule has 0 aromatic heterocycles. The van der Waals surface area contributed by atoms with Gasteiger partial charge in [-0.05, 0) is 52.4 Å². The average Bonchev–Trinajstić information content (AvgIpc) is 2.36. The number of benzene rings is 1. The lowest BCUT2D eigenvalue weighted by Gasteiger charge is -2.45. The van der Waals surface area contributed by atoms with Gasteiger partial charge in [0, 0.05) is 16.7 Å². The van der Waals surface area contributed by atoms with E-state index in [-0.39, 0.29) is 5.41 Å². The molecular formula is C15H19BrN2O3. The summed E-state index contributed by atoms with van der Waals surface area (Å²) in [4.78, 5) is 24.8. The van der Waals surface area contributed by atoms with Crippen molar-refractivity contribution in [2.45, 2.75) is 32.7 Å². The second-order valence-corrected chi connectivity index (χ2v) is 6.91. The molecular weight excluding hydrogens is 336 g/mol. The lowest BCUT2D eigenvalue weighted by Crippen LogP contribution is -2.54. The first-order chi connectivity index (χ1) is 9.74. The van der Waals surface area contributed by atoms with E-state index in [9.17, 15) is 14.7 Å². The predicted octanol–water partition coefficient (Wildman–Crippen LogP) is 2.63. The zero-order valence-electron chi connectivity index (χ0n) is 12.1. The molecule has 2 rings (SSSR count). The third-order valence-electron chi connectivity index (χ3n) is 4.06. The fourth-order valence-electron chi connectivity index (χ4n) is 3.02. The topological polar surface area (TPSA) is 83.6 Å². The number of anilines is 1. The molecule has 1 aliphatic heterocycles. The Labute approximate surface area is 132 Å². The van der Waals surface area contributed by atoms with E-state index < -0.39 is 17.9 Å². The van der Waals surface area contributed by atoms with Gasteiger partial charge < -0.3 is 15.7 Å². The van der Waals surface area contributed by atoms with Crippen LogP contribution in [0.2, 0.25) is 0 Å². The molecule has 0 saturated carbocycles. The van der Waals surface area contributed by atoms with Gasteiger partial charge in [0.1, 0.15) is 6.04 Å². The molecule has 0 bridgehead atoms. The van der Waals surface area contributed by atoms with Crippen LogP contribution in [-0.2, 0) is 4.79 Å². The summed E-state index contributed by atoms with van der Waals surface area (Å²) in [6, 6.07) is 4.56. The number of carboxylic acid groups (broad SMARTS) is 1. The Bertz CT molecular complexity index is 586. The van der Waals surface area contributed by atoms with Crippen LogP contribution in [0.5, 0.6) is 0 Å². The molecule has 1 atom stereocenters. The Balaban J connectivity index is 2.41. The summed E-state index contributed by atoms with van der Waals surface area (Å²) < 4.78 is 0.583. The lowest BCUT2D eigenvalue weighted by atomic mass is 9.76. The number of halogens is 1. The minimum atomic E-state index is -0.824. The maximum Gasteiger partial charge on any atom is 0.326 e. The van der Waals surface area contributed by atoms with Crippen molar-refractivity contribution in [3.63, 3.8) is 0 Å². The van der Waals surface area contributed by atoms with Crippen LogP contribution in [0.1, 0.15) is 37.0 Å². The number of hydrogen-bond acceptors (Lipinski definition) is 3. The van der Waals surface area contributed by atoms with Crippen molar-refractivity contribution in [3.05, 3.63) is 28.2 Å². The Morgan fingerprint density at radius 2 is 2.10 bits per heavy atom. The van der Waals surface area contributed by atoms with Crippen LogP contribution in [0.25, 0.3) is 0 Å². The number of hydrogen-bond donors (Lipinski definition) is 2. The fraction of sp³-hybridized carbons (Fsp3) is 0.467. The maximum atomic E-state index is 11.7. The highest BCUT2D eigenvalue weighted by Gasteiger charge is 2.42. The normalized spacial score (nSPS) is 21.1. The first kappa shape index (κ1) is 15.8. The summed E-state index contributed by atoms with van der Waals surface area (Å²) in [5.74, 6) is -1.34. The van der Waals surface area contributed by atoms with Crippen LogP contribution >= 0.6 is 15.9 Å². The van der Waals surface area contributed by atoms with Crippen molar-refractivity contribution in [2.75, 3.05) is 11.4 Å². The van der Waals surface area contributed by atoms with E-state index in [2.05, 4.69) is 15.9 Å². The van der Waals surface area contributed by atoms with Crippen LogP contribution < -0.4 is 10.6 Å². The lowest BCUT2D eigenvalue weighted by molar-refractivity contribution is -0.142. The molecule has 114 valence electrons. The number of carboxylic acids is 1. The van der Waals surface area contributed by atoms with Gasteiger partial charge in [-0.25, -0.2) is 4.79 Å². The Kier molecular flexibility index (Phi) is 4.27. The number of nitrogens with zero attached hydrogens (tertiary/aromatic N) is 1. The van der Waals surface area contributed by atoms with Crippen molar-refractivity contribution in [1.82, 2.24) is 0 Å². The number of piperidine rings is 1. The molecule has 1 saturated heterocycles. The molecule has 0 spiro atoms. The van der Waals surface area contributed by atoms with E-state index in [4.69, 9.17) is 5.73 Å². The molecule has 1 fully saturated rings. The highest BCUT2D eigenvalue weighted by atomic mass is 79.9. The number of nitrogens with two attached hydrogens (primary N) is 1. The van der Waals surface area contributed by atoms with Gasteiger partial charge >= 0.3 is 5.97 Å². The summed E-state index contributed by atoms with van der Waals surface area (Å²) in [5, 5.41) is 9.59. The van der Waals surface area contributed by atoms with Gasteiger partial charge in [0.05, 0.1) is 5.56 Å². The van der Waals surface area contributed by atoms with Gasteiger partial charge in [0.25, 0.3) is 0 Å². The van der Waals surface area contributed by atoms with Crippen molar-refractivity contribution in [3.8, 4) is 0 Å². The highest BCUT2D eigenvalue weighted by molar-refractivity contribution is 9.10. The Morgan fingerprint density at radius 3 is 2.62 bits per heavy atom. The van der Waals surface area contributed by atoms with Crippen LogP contribution in [0.4, 0.5) is 5.69 Å². The fourth-order valence-corrected chi connectivity index (χ4v) is 3.58. The predicted molar refractivity (Wildman–Crippen MR) is 84.4 cm³/mol. The van der Waals surface area contributed by atoms with E-state index in [1.807, 2.05) is 18.7 Å². The molecule has 3 N–H and O–H groups in total. The van der Waals surface area contributed by atoms with Gasteiger partial charge in [0.2, 0.25) is 5.91 Å². The molecule has 1 aromatic carbocycles. The molecule has 0 radical (unpaired) electrons. The molecule has 21 heavy (non-hydrogen) atoms. The van der Waals surface area contributed by atoms with Crippen molar-refractivity contribution >= 4 is 33.5 Å². The Morgan fingerprint density at radius 1 is 1.43 bits per heavy atom. The second-order valence-electron chi connectivity index (χ2n) is 6.05. The van der Waals surface area contributed by atoms with Crippen molar-refractivity contribution in [2.24, 2.45) is 11.1 Å². The van der Waals surface area contributed by atoms with E-state index in [0.717, 1.165) is 18.5 Å². The first-order valence-electron chi connectivity index (χ1n) is 6.83. The van der Waals surface area contributed by atoms with E-state index in [0.29, 0.717) is 16.6 Å². The smallest absolute Gasteiger partial charge is 0.326 e. The molecule has 5 nitrogen and oxygen atoms in total. The first-order valence-corrected chi connectivity index (χ1v) is 7.62. The molecule has 1 aliphatic rings. The van der Waals surface area contributed by atoms with E-state index in [1.165, 1.54) is 0 Å². The zero-order chi connectivity index (χ0) is 15.8. The SMILES string of the molecule is CC1(C)CCCN(c2ccc(C(N)=O)c(Br)c2)C1C(=O)O. The van der Waals surface area contributed by atoms with Gasteiger partial charge in [0.15, 0.2) is 0 Å². The number of carbonyl (C=O) groups is 2. The number of carbonyl (C=O) groups excluding carboxylic acids is 1. The van der Waals surface area contributed by atoms with Gasteiger partial charge in [-0.3, -0.25) is 4.79 Å².